The van der Waals surface area contributed by atoms with Crippen molar-refractivity contribution in [2.45, 2.75) is 13.5 Å². The zero-order chi connectivity index (χ0) is 13.1. The monoisotopic (exact) mass is 251 g/mol. The summed E-state index contributed by atoms with van der Waals surface area (Å²) in [5.74, 6) is -0.518. The van der Waals surface area contributed by atoms with E-state index in [1.165, 1.54) is 23.8 Å². The third kappa shape index (κ3) is 2.25. The second-order valence-electron chi connectivity index (χ2n) is 3.60. The van der Waals surface area contributed by atoms with Crippen LogP contribution in [-0.4, -0.2) is 34.3 Å². The molecule has 96 valence electrons. The third-order valence-corrected chi connectivity index (χ3v) is 2.29. The topological polar surface area (TPSA) is 85.7 Å². The molecule has 0 aromatic carbocycles. The number of esters is 1. The first-order valence-electron chi connectivity index (χ1n) is 5.43. The van der Waals surface area contributed by atoms with Crippen LogP contribution >= 0.6 is 0 Å². The highest BCUT2D eigenvalue weighted by Gasteiger charge is 2.12. The lowest BCUT2D eigenvalue weighted by atomic mass is 10.4. The van der Waals surface area contributed by atoms with Gasteiger partial charge in [-0.3, -0.25) is 9.89 Å². The molecule has 2 aromatic heterocycles. The first-order chi connectivity index (χ1) is 8.65. The molecule has 0 saturated heterocycles. The van der Waals surface area contributed by atoms with Gasteiger partial charge in [-0.2, -0.15) is 0 Å². The van der Waals surface area contributed by atoms with Crippen LogP contribution in [0.1, 0.15) is 23.1 Å². The van der Waals surface area contributed by atoms with E-state index in [1.54, 1.807) is 6.92 Å². The fourth-order valence-corrected chi connectivity index (χ4v) is 1.58. The Balaban J connectivity index is 2.47. The Labute approximate surface area is 102 Å². The Bertz CT molecular complexity index is 629. The van der Waals surface area contributed by atoms with E-state index >= 15 is 0 Å². The fraction of sp³-hybridized carbons (Fsp3) is 0.364. The molecule has 0 radical (unpaired) electrons. The highest BCUT2D eigenvalue weighted by Crippen LogP contribution is 2.05. The van der Waals surface area contributed by atoms with Gasteiger partial charge in [0, 0.05) is 19.2 Å². The summed E-state index contributed by atoms with van der Waals surface area (Å²) in [6, 6.07) is 2.82. The SMILES string of the molecule is CCOC(=O)c1cc2nc(COC)cc(=O)n2[nH]1. The van der Waals surface area contributed by atoms with Gasteiger partial charge in [-0.05, 0) is 6.92 Å². The average Bonchev–Trinajstić information content (AvgIpc) is 2.74. The summed E-state index contributed by atoms with van der Waals surface area (Å²) in [5, 5.41) is 2.64. The van der Waals surface area contributed by atoms with Gasteiger partial charge in [-0.25, -0.2) is 14.3 Å². The van der Waals surface area contributed by atoms with Crippen LogP contribution in [-0.2, 0) is 16.1 Å². The average molecular weight is 251 g/mol. The molecule has 0 spiro atoms. The molecule has 7 nitrogen and oxygen atoms in total. The molecule has 0 fully saturated rings. The zero-order valence-corrected chi connectivity index (χ0v) is 10.1. The first-order valence-corrected chi connectivity index (χ1v) is 5.43. The summed E-state index contributed by atoms with van der Waals surface area (Å²) < 4.78 is 10.9. The van der Waals surface area contributed by atoms with Crippen LogP contribution in [0.4, 0.5) is 0 Å². The van der Waals surface area contributed by atoms with Gasteiger partial charge < -0.3 is 9.47 Å². The number of H-pyrrole nitrogens is 1. The van der Waals surface area contributed by atoms with Gasteiger partial charge in [0.2, 0.25) is 0 Å². The van der Waals surface area contributed by atoms with Crippen molar-refractivity contribution in [3.8, 4) is 0 Å². The van der Waals surface area contributed by atoms with Crippen LogP contribution in [0, 0.1) is 0 Å². The number of methoxy groups -OCH3 is 1. The summed E-state index contributed by atoms with van der Waals surface area (Å²) in [6.45, 7) is 2.22. The number of aromatic amines is 1. The van der Waals surface area contributed by atoms with Gasteiger partial charge in [0.15, 0.2) is 5.65 Å². The number of nitrogens with zero attached hydrogens (tertiary/aromatic N) is 2. The number of aromatic nitrogens is 3. The van der Waals surface area contributed by atoms with Crippen molar-refractivity contribution in [2.24, 2.45) is 0 Å². The van der Waals surface area contributed by atoms with E-state index in [-0.39, 0.29) is 24.5 Å². The summed E-state index contributed by atoms with van der Waals surface area (Å²) in [6.07, 6.45) is 0. The summed E-state index contributed by atoms with van der Waals surface area (Å²) >= 11 is 0. The number of carbonyl (C=O) groups is 1. The number of fused-ring (bicyclic) bond motifs is 1. The smallest absolute Gasteiger partial charge is 0.356 e. The number of ether oxygens (including phenoxy) is 2. The van der Waals surface area contributed by atoms with Crippen LogP contribution in [0.5, 0.6) is 0 Å². The summed E-state index contributed by atoms with van der Waals surface area (Å²) in [4.78, 5) is 27.5. The minimum absolute atomic E-state index is 0.191. The van der Waals surface area contributed by atoms with Crippen molar-refractivity contribution in [3.63, 3.8) is 0 Å². The quantitative estimate of drug-likeness (QED) is 0.792. The lowest BCUT2D eigenvalue weighted by Gasteiger charge is -1.98. The Morgan fingerprint density at radius 2 is 2.28 bits per heavy atom. The van der Waals surface area contributed by atoms with Gasteiger partial charge in [-0.15, -0.1) is 0 Å². The second-order valence-corrected chi connectivity index (χ2v) is 3.60. The molecule has 2 aromatic rings. The number of rotatable bonds is 4. The van der Waals surface area contributed by atoms with E-state index in [0.717, 1.165) is 0 Å². The number of hydrogen-bond donors (Lipinski definition) is 1. The first kappa shape index (κ1) is 12.3. The van der Waals surface area contributed by atoms with E-state index in [9.17, 15) is 9.59 Å². The van der Waals surface area contributed by atoms with Crippen LogP contribution in [0.15, 0.2) is 16.9 Å². The van der Waals surface area contributed by atoms with Crippen molar-refractivity contribution in [2.75, 3.05) is 13.7 Å². The van der Waals surface area contributed by atoms with Gasteiger partial charge >= 0.3 is 5.97 Å². The van der Waals surface area contributed by atoms with E-state index in [1.807, 2.05) is 0 Å². The zero-order valence-electron chi connectivity index (χ0n) is 10.1. The van der Waals surface area contributed by atoms with Gasteiger partial charge in [0.1, 0.15) is 5.69 Å². The van der Waals surface area contributed by atoms with E-state index < -0.39 is 5.97 Å². The Morgan fingerprint density at radius 1 is 1.50 bits per heavy atom. The van der Waals surface area contributed by atoms with E-state index in [0.29, 0.717) is 11.3 Å². The Hall–Kier alpha value is -2.15. The molecule has 2 heterocycles. The molecule has 0 atom stereocenters. The van der Waals surface area contributed by atoms with Crippen molar-refractivity contribution in [3.05, 3.63) is 33.9 Å². The van der Waals surface area contributed by atoms with Crippen LogP contribution in [0.3, 0.4) is 0 Å². The molecule has 1 N–H and O–H groups in total. The number of hydrogen-bond acceptors (Lipinski definition) is 5. The molecule has 0 aliphatic rings. The summed E-state index contributed by atoms with van der Waals surface area (Å²) in [5.41, 5.74) is 0.758. The maximum atomic E-state index is 11.8. The van der Waals surface area contributed by atoms with E-state index in [4.69, 9.17) is 9.47 Å². The third-order valence-electron chi connectivity index (χ3n) is 2.29. The van der Waals surface area contributed by atoms with Crippen molar-refractivity contribution >= 4 is 11.6 Å². The second kappa shape index (κ2) is 5.01. The molecule has 0 aliphatic heterocycles. The fourth-order valence-electron chi connectivity index (χ4n) is 1.58. The predicted octanol–water partition coefficient (Wildman–Crippen LogP) is 0.346. The minimum atomic E-state index is -0.518. The lowest BCUT2D eigenvalue weighted by Crippen LogP contribution is -2.16. The molecular formula is C11H13N3O4. The highest BCUT2D eigenvalue weighted by molar-refractivity contribution is 5.88. The number of nitrogens with one attached hydrogen (secondary N) is 1. The van der Waals surface area contributed by atoms with E-state index in [2.05, 4.69) is 10.1 Å². The highest BCUT2D eigenvalue weighted by atomic mass is 16.5. The van der Waals surface area contributed by atoms with Gasteiger partial charge in [-0.1, -0.05) is 0 Å². The van der Waals surface area contributed by atoms with Crippen molar-refractivity contribution < 1.29 is 14.3 Å². The molecule has 0 unspecified atom stereocenters. The van der Waals surface area contributed by atoms with Crippen molar-refractivity contribution in [1.82, 2.24) is 14.6 Å². The predicted molar refractivity (Wildman–Crippen MR) is 62.5 cm³/mol. The standard InChI is InChI=1S/C11H13N3O4/c1-3-18-11(16)8-5-9-12-7(6-17-2)4-10(15)14(9)13-8/h4-5,13H,3,6H2,1-2H3. The van der Waals surface area contributed by atoms with Crippen molar-refractivity contribution in [1.29, 1.82) is 0 Å². The Morgan fingerprint density at radius 3 is 2.94 bits per heavy atom. The van der Waals surface area contributed by atoms with Crippen LogP contribution in [0.25, 0.3) is 5.65 Å². The van der Waals surface area contributed by atoms with Gasteiger partial charge in [0.25, 0.3) is 5.56 Å². The molecule has 2 rings (SSSR count). The molecule has 7 heteroatoms. The van der Waals surface area contributed by atoms with Gasteiger partial charge in [0.05, 0.1) is 18.9 Å². The maximum absolute atomic E-state index is 11.8. The number of carbonyl (C=O) groups excluding carboxylic acids is 1. The summed E-state index contributed by atoms with van der Waals surface area (Å²) in [7, 11) is 1.52. The molecule has 0 saturated carbocycles. The largest absolute Gasteiger partial charge is 0.461 e. The minimum Gasteiger partial charge on any atom is -0.461 e. The van der Waals surface area contributed by atoms with Crippen LogP contribution in [0.2, 0.25) is 0 Å². The Kier molecular flexibility index (Phi) is 3.42. The molecule has 0 bridgehead atoms. The maximum Gasteiger partial charge on any atom is 0.356 e. The van der Waals surface area contributed by atoms with Crippen LogP contribution < -0.4 is 5.56 Å². The lowest BCUT2D eigenvalue weighted by molar-refractivity contribution is 0.0519. The normalized spacial score (nSPS) is 10.8. The molecular weight excluding hydrogens is 238 g/mol. The molecule has 18 heavy (non-hydrogen) atoms. The molecule has 0 aliphatic carbocycles. The molecule has 0 amide bonds.